The number of aliphatic carboxylic acids is 1. The predicted octanol–water partition coefficient (Wildman–Crippen LogP) is 1.00. The van der Waals surface area contributed by atoms with Gasteiger partial charge in [-0.3, -0.25) is 4.79 Å². The van der Waals surface area contributed by atoms with Crippen LogP contribution < -0.4 is 9.47 Å². The van der Waals surface area contributed by atoms with Crippen molar-refractivity contribution in [3.63, 3.8) is 0 Å². The summed E-state index contributed by atoms with van der Waals surface area (Å²) in [6, 6.07) is 8.92. The van der Waals surface area contributed by atoms with E-state index in [1.54, 1.807) is 7.11 Å². The number of nitrogens with zero attached hydrogens (tertiary/aromatic N) is 5. The first kappa shape index (κ1) is 15.5. The van der Waals surface area contributed by atoms with E-state index in [9.17, 15) is 4.79 Å². The molecule has 124 valence electrons. The number of carboxylic acids is 1. The first-order valence-electron chi connectivity index (χ1n) is 6.86. The molecule has 0 unspecified atom stereocenters. The molecule has 24 heavy (non-hydrogen) atoms. The standard InChI is InChI=1S/C14H13N5O5/c1-22-10-4-2-9(3-5-10)8-23-12-6-11(24-17-12)14-15-18-19(16-14)7-13(20)21/h2-6H,7-8H2,1H3,(H,20,21). The van der Waals surface area contributed by atoms with E-state index in [0.29, 0.717) is 6.61 Å². The van der Waals surface area contributed by atoms with Gasteiger partial charge in [-0.25, -0.2) is 0 Å². The fraction of sp³-hybridized carbons (Fsp3) is 0.214. The highest BCUT2D eigenvalue weighted by atomic mass is 16.5. The molecule has 0 radical (unpaired) electrons. The van der Waals surface area contributed by atoms with Crippen molar-refractivity contribution in [2.45, 2.75) is 13.2 Å². The Morgan fingerprint density at radius 1 is 1.33 bits per heavy atom. The van der Waals surface area contributed by atoms with E-state index in [4.69, 9.17) is 19.1 Å². The van der Waals surface area contributed by atoms with E-state index in [2.05, 4.69) is 20.6 Å². The van der Waals surface area contributed by atoms with Crippen molar-refractivity contribution in [2.24, 2.45) is 0 Å². The highest BCUT2D eigenvalue weighted by Crippen LogP contribution is 2.21. The zero-order valence-electron chi connectivity index (χ0n) is 12.6. The van der Waals surface area contributed by atoms with Crippen LogP contribution in [0.5, 0.6) is 11.6 Å². The van der Waals surface area contributed by atoms with Gasteiger partial charge in [0.05, 0.1) is 13.2 Å². The Labute approximate surface area is 135 Å². The van der Waals surface area contributed by atoms with E-state index in [0.717, 1.165) is 16.1 Å². The van der Waals surface area contributed by atoms with Crippen LogP contribution in [-0.4, -0.2) is 43.5 Å². The fourth-order valence-electron chi connectivity index (χ4n) is 1.84. The maximum Gasteiger partial charge on any atom is 0.327 e. The smallest absolute Gasteiger partial charge is 0.327 e. The molecule has 3 rings (SSSR count). The molecule has 1 N–H and O–H groups in total. The van der Waals surface area contributed by atoms with Crippen LogP contribution in [0.15, 0.2) is 34.9 Å². The number of hydrogen-bond donors (Lipinski definition) is 1. The Morgan fingerprint density at radius 3 is 2.83 bits per heavy atom. The van der Waals surface area contributed by atoms with E-state index in [-0.39, 0.29) is 24.0 Å². The van der Waals surface area contributed by atoms with Crippen LogP contribution in [0.3, 0.4) is 0 Å². The lowest BCUT2D eigenvalue weighted by Gasteiger charge is -2.03. The maximum absolute atomic E-state index is 10.6. The lowest BCUT2D eigenvalue weighted by atomic mass is 10.2. The average Bonchev–Trinajstić information content (AvgIpc) is 3.22. The highest BCUT2D eigenvalue weighted by Gasteiger charge is 2.14. The molecule has 0 amide bonds. The lowest BCUT2D eigenvalue weighted by molar-refractivity contribution is -0.138. The van der Waals surface area contributed by atoms with Crippen molar-refractivity contribution in [3.8, 4) is 23.2 Å². The van der Waals surface area contributed by atoms with Crippen LogP contribution in [0.4, 0.5) is 0 Å². The van der Waals surface area contributed by atoms with E-state index < -0.39 is 5.97 Å². The van der Waals surface area contributed by atoms with E-state index in [1.807, 2.05) is 24.3 Å². The van der Waals surface area contributed by atoms with Crippen molar-refractivity contribution in [3.05, 3.63) is 35.9 Å². The highest BCUT2D eigenvalue weighted by molar-refractivity contribution is 5.66. The first-order valence-corrected chi connectivity index (χ1v) is 6.86. The largest absolute Gasteiger partial charge is 0.497 e. The zero-order valence-corrected chi connectivity index (χ0v) is 12.6. The molecular formula is C14H13N5O5. The molecule has 2 heterocycles. The summed E-state index contributed by atoms with van der Waals surface area (Å²) in [7, 11) is 1.60. The van der Waals surface area contributed by atoms with Crippen LogP contribution in [0, 0.1) is 0 Å². The molecule has 0 fully saturated rings. The van der Waals surface area contributed by atoms with Gasteiger partial charge >= 0.3 is 5.97 Å². The molecule has 0 atom stereocenters. The van der Waals surface area contributed by atoms with Crippen molar-refractivity contribution >= 4 is 5.97 Å². The molecule has 0 saturated heterocycles. The van der Waals surface area contributed by atoms with E-state index in [1.165, 1.54) is 6.07 Å². The normalized spacial score (nSPS) is 10.5. The van der Waals surface area contributed by atoms with Gasteiger partial charge in [0.2, 0.25) is 11.6 Å². The molecule has 10 heteroatoms. The van der Waals surface area contributed by atoms with Crippen LogP contribution >= 0.6 is 0 Å². The van der Waals surface area contributed by atoms with Gasteiger partial charge in [-0.15, -0.1) is 10.2 Å². The Kier molecular flexibility index (Phi) is 4.36. The summed E-state index contributed by atoms with van der Waals surface area (Å²) < 4.78 is 15.7. The van der Waals surface area contributed by atoms with Gasteiger partial charge in [-0.1, -0.05) is 12.1 Å². The Bertz CT molecular complexity index is 826. The summed E-state index contributed by atoms with van der Waals surface area (Å²) in [4.78, 5) is 11.5. The van der Waals surface area contributed by atoms with Crippen molar-refractivity contribution in [2.75, 3.05) is 7.11 Å². The molecule has 10 nitrogen and oxygen atoms in total. The summed E-state index contributed by atoms with van der Waals surface area (Å²) in [6.07, 6.45) is 0. The summed E-state index contributed by atoms with van der Waals surface area (Å²) in [6.45, 7) is -0.0862. The second-order valence-corrected chi connectivity index (χ2v) is 4.70. The number of ether oxygens (including phenoxy) is 2. The molecule has 0 aliphatic rings. The third-order valence-corrected chi connectivity index (χ3v) is 2.98. The molecule has 0 saturated carbocycles. The maximum atomic E-state index is 10.6. The zero-order chi connectivity index (χ0) is 16.9. The minimum absolute atomic E-state index is 0.128. The topological polar surface area (TPSA) is 125 Å². The van der Waals surface area contributed by atoms with Gasteiger partial charge in [0, 0.05) is 0 Å². The van der Waals surface area contributed by atoms with Gasteiger partial charge in [-0.05, 0) is 28.1 Å². The molecule has 0 aliphatic carbocycles. The molecule has 3 aromatic rings. The second kappa shape index (κ2) is 6.77. The number of carbonyl (C=O) groups is 1. The SMILES string of the molecule is COc1ccc(COc2cc(-c3nnn(CC(=O)O)n3)on2)cc1. The van der Waals surface area contributed by atoms with Crippen LogP contribution in [-0.2, 0) is 17.9 Å². The number of hydrogen-bond acceptors (Lipinski definition) is 8. The Morgan fingerprint density at radius 2 is 2.12 bits per heavy atom. The van der Waals surface area contributed by atoms with Crippen LogP contribution in [0.2, 0.25) is 0 Å². The average molecular weight is 331 g/mol. The lowest BCUT2D eigenvalue weighted by Crippen LogP contribution is -2.11. The quantitative estimate of drug-likeness (QED) is 0.674. The molecule has 0 bridgehead atoms. The number of tetrazole rings is 1. The number of benzene rings is 1. The van der Waals surface area contributed by atoms with Gasteiger partial charge in [0.15, 0.2) is 6.54 Å². The van der Waals surface area contributed by atoms with Crippen molar-refractivity contribution in [1.82, 2.24) is 25.4 Å². The van der Waals surface area contributed by atoms with Crippen molar-refractivity contribution < 1.29 is 23.9 Å². The summed E-state index contributed by atoms with van der Waals surface area (Å²) >= 11 is 0. The van der Waals surface area contributed by atoms with Gasteiger partial charge in [-0.2, -0.15) is 4.80 Å². The predicted molar refractivity (Wildman–Crippen MR) is 78.3 cm³/mol. The Hall–Kier alpha value is -3.43. The summed E-state index contributed by atoms with van der Waals surface area (Å²) in [5.74, 6) is 0.313. The van der Waals surface area contributed by atoms with Gasteiger partial charge < -0.3 is 19.1 Å². The third kappa shape index (κ3) is 3.66. The summed E-state index contributed by atoms with van der Waals surface area (Å²) in [5, 5.41) is 23.6. The third-order valence-electron chi connectivity index (χ3n) is 2.98. The molecule has 1 aromatic carbocycles. The molecular weight excluding hydrogens is 318 g/mol. The van der Waals surface area contributed by atoms with Crippen LogP contribution in [0.1, 0.15) is 5.56 Å². The number of carboxylic acid groups (broad SMARTS) is 1. The van der Waals surface area contributed by atoms with Crippen LogP contribution in [0.25, 0.3) is 11.6 Å². The minimum atomic E-state index is -1.07. The fourth-order valence-corrected chi connectivity index (χ4v) is 1.84. The second-order valence-electron chi connectivity index (χ2n) is 4.70. The van der Waals surface area contributed by atoms with E-state index >= 15 is 0 Å². The first-order chi connectivity index (χ1) is 11.6. The Balaban J connectivity index is 1.62. The van der Waals surface area contributed by atoms with Crippen molar-refractivity contribution in [1.29, 1.82) is 0 Å². The van der Waals surface area contributed by atoms with Gasteiger partial charge in [0.1, 0.15) is 12.4 Å². The number of rotatable bonds is 7. The van der Waals surface area contributed by atoms with Gasteiger partial charge in [0.25, 0.3) is 5.88 Å². The minimum Gasteiger partial charge on any atom is -0.497 e. The molecule has 0 spiro atoms. The number of methoxy groups -OCH3 is 1. The molecule has 2 aromatic heterocycles. The molecule has 0 aliphatic heterocycles. The number of aromatic nitrogens is 5. The monoisotopic (exact) mass is 331 g/mol. The summed E-state index contributed by atoms with van der Waals surface area (Å²) in [5.41, 5.74) is 0.936.